The molecule has 0 bridgehead atoms. The van der Waals surface area contributed by atoms with Crippen LogP contribution in [0.1, 0.15) is 18.1 Å². The minimum Gasteiger partial charge on any atom is -0.379 e. The van der Waals surface area contributed by atoms with E-state index in [0.717, 1.165) is 11.8 Å². The van der Waals surface area contributed by atoms with Crippen molar-refractivity contribution in [3.63, 3.8) is 0 Å². The first-order valence-electron chi connectivity index (χ1n) is 5.87. The average Bonchev–Trinajstić information content (AvgIpc) is 2.87. The summed E-state index contributed by atoms with van der Waals surface area (Å²) in [6.07, 6.45) is -3.00. The second kappa shape index (κ2) is 5.85. The Kier molecular flexibility index (Phi) is 4.35. The van der Waals surface area contributed by atoms with Crippen LogP contribution in [0.4, 0.5) is 18.9 Å². The molecule has 1 aliphatic rings. The zero-order chi connectivity index (χ0) is 14.8. The predicted molar refractivity (Wildman–Crippen MR) is 72.1 cm³/mol. The van der Waals surface area contributed by atoms with E-state index in [1.807, 2.05) is 6.08 Å². The Morgan fingerprint density at radius 3 is 2.75 bits per heavy atom. The van der Waals surface area contributed by atoms with Crippen LogP contribution in [0.3, 0.4) is 0 Å². The molecule has 108 valence electrons. The first-order valence-corrected chi connectivity index (χ1v) is 6.25. The van der Waals surface area contributed by atoms with Crippen molar-refractivity contribution in [2.45, 2.75) is 18.7 Å². The number of allylic oxidation sites excluding steroid dienone is 1. The van der Waals surface area contributed by atoms with Crippen molar-refractivity contribution < 1.29 is 18.3 Å². The lowest BCUT2D eigenvalue weighted by molar-refractivity contribution is -0.206. The third-order valence-electron chi connectivity index (χ3n) is 2.80. The van der Waals surface area contributed by atoms with Gasteiger partial charge in [0.05, 0.1) is 12.2 Å². The molecule has 1 unspecified atom stereocenters. The normalized spacial score (nSPS) is 16.1. The Bertz CT molecular complexity index is 555. The second-order valence-electron chi connectivity index (χ2n) is 4.27. The number of halogens is 4. The van der Waals surface area contributed by atoms with Gasteiger partial charge in [-0.1, -0.05) is 23.7 Å². The van der Waals surface area contributed by atoms with Gasteiger partial charge in [0, 0.05) is 28.9 Å². The summed E-state index contributed by atoms with van der Waals surface area (Å²) in [5, 5.41) is 12.5. The number of aliphatic hydroxyl groups excluding tert-OH is 1. The van der Waals surface area contributed by atoms with Crippen molar-refractivity contribution in [2.24, 2.45) is 4.99 Å². The van der Waals surface area contributed by atoms with Crippen LogP contribution in [0.25, 0.3) is 0 Å². The van der Waals surface area contributed by atoms with Crippen LogP contribution in [0.15, 0.2) is 35.0 Å². The fraction of sp³-hybridized carbons (Fsp3) is 0.308. The zero-order valence-electron chi connectivity index (χ0n) is 10.3. The van der Waals surface area contributed by atoms with E-state index in [9.17, 15) is 18.3 Å². The minimum absolute atomic E-state index is 0.144. The quantitative estimate of drug-likeness (QED) is 0.890. The molecule has 7 heteroatoms. The molecule has 20 heavy (non-hydrogen) atoms. The fourth-order valence-electron chi connectivity index (χ4n) is 1.81. The first-order chi connectivity index (χ1) is 9.38. The molecule has 1 aliphatic heterocycles. The van der Waals surface area contributed by atoms with Gasteiger partial charge in [-0.3, -0.25) is 4.99 Å². The predicted octanol–water partition coefficient (Wildman–Crippen LogP) is 3.71. The molecule has 0 fully saturated rings. The highest BCUT2D eigenvalue weighted by Crippen LogP contribution is 2.37. The Balaban J connectivity index is 2.21. The van der Waals surface area contributed by atoms with Gasteiger partial charge in [0.15, 0.2) is 6.10 Å². The van der Waals surface area contributed by atoms with E-state index in [2.05, 4.69) is 10.3 Å². The molecule has 0 aliphatic carbocycles. The van der Waals surface area contributed by atoms with Gasteiger partial charge < -0.3 is 10.4 Å². The lowest BCUT2D eigenvalue weighted by Gasteiger charge is -2.19. The summed E-state index contributed by atoms with van der Waals surface area (Å²) in [5.41, 5.74) is 0.618. The monoisotopic (exact) mass is 304 g/mol. The molecular formula is C13H12ClF3N2O. The number of rotatable bonds is 4. The maximum absolute atomic E-state index is 12.6. The van der Waals surface area contributed by atoms with Crippen LogP contribution < -0.4 is 5.32 Å². The summed E-state index contributed by atoms with van der Waals surface area (Å²) in [6, 6.07) is 3.82. The average molecular weight is 305 g/mol. The number of nitrogens with zero attached hydrogens (tertiary/aromatic N) is 1. The van der Waals surface area contributed by atoms with Gasteiger partial charge >= 0.3 is 6.18 Å². The van der Waals surface area contributed by atoms with Crippen LogP contribution in [0, 0.1) is 0 Å². The third kappa shape index (κ3) is 3.52. The fourth-order valence-corrected chi connectivity index (χ4v) is 1.98. The molecule has 1 heterocycles. The Hall–Kier alpha value is -1.53. The third-order valence-corrected chi connectivity index (χ3v) is 3.03. The van der Waals surface area contributed by atoms with Gasteiger partial charge in [-0.2, -0.15) is 13.2 Å². The number of hydrogen-bond donors (Lipinski definition) is 2. The molecule has 2 rings (SSSR count). The molecule has 3 nitrogen and oxygen atoms in total. The highest BCUT2D eigenvalue weighted by molar-refractivity contribution is 6.30. The van der Waals surface area contributed by atoms with Gasteiger partial charge in [0.25, 0.3) is 0 Å². The summed E-state index contributed by atoms with van der Waals surface area (Å²) in [4.78, 5) is 4.05. The summed E-state index contributed by atoms with van der Waals surface area (Å²) in [6.45, 7) is 0.272. The van der Waals surface area contributed by atoms with Gasteiger partial charge in [-0.15, -0.1) is 0 Å². The van der Waals surface area contributed by atoms with Crippen molar-refractivity contribution in [2.75, 3.05) is 11.9 Å². The zero-order valence-corrected chi connectivity index (χ0v) is 11.0. The van der Waals surface area contributed by atoms with Crippen molar-refractivity contribution in [3.8, 4) is 0 Å². The molecule has 0 radical (unpaired) electrons. The van der Waals surface area contributed by atoms with E-state index >= 15 is 0 Å². The van der Waals surface area contributed by atoms with Gasteiger partial charge in [-0.25, -0.2) is 0 Å². The standard InChI is InChI=1S/C13H12ClF3N2O/c14-8-3-4-10(12(20)13(15,16)17)11(6-8)19-7-9-2-1-5-18-9/h2-6,12,19-20H,1,7H2. The number of aliphatic imine (C=N–C) groups is 1. The summed E-state index contributed by atoms with van der Waals surface area (Å²) in [5.74, 6) is 0. The Morgan fingerprint density at radius 1 is 1.40 bits per heavy atom. The number of nitrogens with one attached hydrogen (secondary N) is 1. The molecular weight excluding hydrogens is 293 g/mol. The topological polar surface area (TPSA) is 44.6 Å². The number of aliphatic hydroxyl groups is 1. The lowest BCUT2D eigenvalue weighted by Crippen LogP contribution is -2.21. The van der Waals surface area contributed by atoms with Crippen LogP contribution in [0.2, 0.25) is 5.02 Å². The largest absolute Gasteiger partial charge is 0.418 e. The van der Waals surface area contributed by atoms with E-state index in [-0.39, 0.29) is 22.8 Å². The summed E-state index contributed by atoms with van der Waals surface area (Å²) >= 11 is 5.78. The Morgan fingerprint density at radius 2 is 2.15 bits per heavy atom. The van der Waals surface area contributed by atoms with Gasteiger partial charge in [0.2, 0.25) is 0 Å². The number of anilines is 1. The van der Waals surface area contributed by atoms with E-state index in [1.165, 1.54) is 12.1 Å². The molecule has 0 amide bonds. The van der Waals surface area contributed by atoms with Gasteiger partial charge in [0.1, 0.15) is 0 Å². The molecule has 1 atom stereocenters. The highest BCUT2D eigenvalue weighted by Gasteiger charge is 2.40. The maximum Gasteiger partial charge on any atom is 0.418 e. The van der Waals surface area contributed by atoms with E-state index in [4.69, 9.17) is 11.6 Å². The number of benzene rings is 1. The van der Waals surface area contributed by atoms with Gasteiger partial charge in [-0.05, 0) is 12.1 Å². The van der Waals surface area contributed by atoms with Crippen molar-refractivity contribution in [3.05, 3.63) is 40.6 Å². The molecule has 0 saturated carbocycles. The van der Waals surface area contributed by atoms with E-state index in [0.29, 0.717) is 6.42 Å². The molecule has 2 N–H and O–H groups in total. The Labute approximate surface area is 118 Å². The minimum atomic E-state index is -4.73. The van der Waals surface area contributed by atoms with Crippen LogP contribution in [0.5, 0.6) is 0 Å². The number of alkyl halides is 3. The summed E-state index contributed by atoms with van der Waals surface area (Å²) in [7, 11) is 0. The molecule has 0 aromatic heterocycles. The molecule has 1 aromatic rings. The maximum atomic E-state index is 12.6. The van der Waals surface area contributed by atoms with Crippen molar-refractivity contribution in [1.82, 2.24) is 0 Å². The van der Waals surface area contributed by atoms with Crippen molar-refractivity contribution in [1.29, 1.82) is 0 Å². The SMILES string of the molecule is OC(c1ccc(Cl)cc1NCC1=CCC=N1)C(F)(F)F. The smallest absolute Gasteiger partial charge is 0.379 e. The summed E-state index contributed by atoms with van der Waals surface area (Å²) < 4.78 is 37.8. The first kappa shape index (κ1) is 14.9. The molecule has 1 aromatic carbocycles. The van der Waals surface area contributed by atoms with Crippen LogP contribution in [-0.4, -0.2) is 24.0 Å². The van der Waals surface area contributed by atoms with Crippen molar-refractivity contribution >= 4 is 23.5 Å². The second-order valence-corrected chi connectivity index (χ2v) is 4.71. The van der Waals surface area contributed by atoms with Crippen LogP contribution >= 0.6 is 11.6 Å². The molecule has 0 saturated heterocycles. The highest BCUT2D eigenvalue weighted by atomic mass is 35.5. The lowest BCUT2D eigenvalue weighted by atomic mass is 10.1. The van der Waals surface area contributed by atoms with E-state index in [1.54, 1.807) is 6.21 Å². The molecule has 0 spiro atoms. The van der Waals surface area contributed by atoms with Crippen LogP contribution in [-0.2, 0) is 0 Å². The van der Waals surface area contributed by atoms with E-state index < -0.39 is 12.3 Å². The number of hydrogen-bond acceptors (Lipinski definition) is 3.